The van der Waals surface area contributed by atoms with E-state index < -0.39 is 42.5 Å². The zero-order valence-electron chi connectivity index (χ0n) is 14.2. The van der Waals surface area contributed by atoms with Crippen LogP contribution in [0.3, 0.4) is 0 Å². The zero-order valence-corrected chi connectivity index (χ0v) is 14.2. The van der Waals surface area contributed by atoms with Crippen molar-refractivity contribution in [3.63, 3.8) is 0 Å². The Morgan fingerprint density at radius 1 is 1.00 bits per heavy atom. The van der Waals surface area contributed by atoms with Crippen molar-refractivity contribution < 1.29 is 38.1 Å². The third kappa shape index (κ3) is 5.01. The molecule has 0 unspecified atom stereocenters. The molecular formula is C17H20O8. The van der Waals surface area contributed by atoms with Crippen molar-refractivity contribution in [1.82, 2.24) is 0 Å². The number of carbonyl (C=O) groups is 3. The van der Waals surface area contributed by atoms with Crippen LogP contribution >= 0.6 is 0 Å². The molecule has 0 N–H and O–H groups in total. The summed E-state index contributed by atoms with van der Waals surface area (Å²) in [7, 11) is 1.40. The summed E-state index contributed by atoms with van der Waals surface area (Å²) in [6.07, 6.45) is -3.60. The minimum absolute atomic E-state index is 0.151. The van der Waals surface area contributed by atoms with Gasteiger partial charge in [0.25, 0.3) is 0 Å². The van der Waals surface area contributed by atoms with Gasteiger partial charge in [-0.1, -0.05) is 18.2 Å². The lowest BCUT2D eigenvalue weighted by atomic mass is 10.1. The Morgan fingerprint density at radius 3 is 2.20 bits per heavy atom. The molecule has 0 aliphatic carbocycles. The predicted molar refractivity (Wildman–Crippen MR) is 83.5 cm³/mol. The monoisotopic (exact) mass is 352 g/mol. The Bertz CT molecular complexity index is 614. The van der Waals surface area contributed by atoms with Gasteiger partial charge in [-0.25, -0.2) is 4.79 Å². The summed E-state index contributed by atoms with van der Waals surface area (Å²) < 4.78 is 26.2. The number of esters is 3. The van der Waals surface area contributed by atoms with Crippen LogP contribution < -0.4 is 0 Å². The second-order valence-corrected chi connectivity index (χ2v) is 5.39. The third-order valence-electron chi connectivity index (χ3n) is 3.51. The number of benzene rings is 1. The van der Waals surface area contributed by atoms with Gasteiger partial charge in [-0.3, -0.25) is 9.59 Å². The molecular weight excluding hydrogens is 332 g/mol. The highest BCUT2D eigenvalue weighted by Gasteiger charge is 2.49. The van der Waals surface area contributed by atoms with Crippen molar-refractivity contribution in [3.8, 4) is 0 Å². The van der Waals surface area contributed by atoms with Gasteiger partial charge in [-0.05, 0) is 12.1 Å². The largest absolute Gasteiger partial charge is 0.459 e. The first-order valence-electron chi connectivity index (χ1n) is 7.67. The highest BCUT2D eigenvalue weighted by molar-refractivity contribution is 5.89. The van der Waals surface area contributed by atoms with Gasteiger partial charge in [-0.2, -0.15) is 0 Å². The number of carbonyl (C=O) groups excluding carboxylic acids is 3. The van der Waals surface area contributed by atoms with Crippen molar-refractivity contribution >= 4 is 17.9 Å². The highest BCUT2D eigenvalue weighted by atomic mass is 16.7. The Hall–Kier alpha value is -2.45. The zero-order chi connectivity index (χ0) is 18.4. The minimum atomic E-state index is -1.13. The van der Waals surface area contributed by atoms with Crippen molar-refractivity contribution in [1.29, 1.82) is 0 Å². The van der Waals surface area contributed by atoms with Gasteiger partial charge in [0.1, 0.15) is 18.8 Å². The summed E-state index contributed by atoms with van der Waals surface area (Å²) in [5.74, 6) is -1.70. The standard InChI is InChI=1S/C17H20O8/c1-10(18)23-15-14(21-3)13(25-17(15)24-11(2)19)9-22-16(20)12-7-5-4-6-8-12/h4-8,13-15,17H,9H2,1-3H3/t13-,14-,15-,17-/m1/s1. The first-order chi connectivity index (χ1) is 11.9. The Kier molecular flexibility index (Phi) is 6.49. The van der Waals surface area contributed by atoms with Crippen molar-refractivity contribution in [2.75, 3.05) is 13.7 Å². The molecule has 1 aliphatic rings. The average Bonchev–Trinajstić information content (AvgIpc) is 2.88. The van der Waals surface area contributed by atoms with Gasteiger partial charge in [0.05, 0.1) is 5.56 Å². The molecule has 0 radical (unpaired) electrons. The maximum absolute atomic E-state index is 12.0. The fourth-order valence-electron chi connectivity index (χ4n) is 2.50. The third-order valence-corrected chi connectivity index (χ3v) is 3.51. The fraction of sp³-hybridized carbons (Fsp3) is 0.471. The van der Waals surface area contributed by atoms with Crippen LogP contribution in [0.4, 0.5) is 0 Å². The molecule has 0 saturated carbocycles. The van der Waals surface area contributed by atoms with Gasteiger partial charge in [-0.15, -0.1) is 0 Å². The maximum atomic E-state index is 12.0. The number of hydrogen-bond donors (Lipinski definition) is 0. The summed E-state index contributed by atoms with van der Waals surface area (Å²) in [4.78, 5) is 34.5. The summed E-state index contributed by atoms with van der Waals surface area (Å²) in [5, 5.41) is 0. The van der Waals surface area contributed by atoms with Gasteiger partial charge >= 0.3 is 17.9 Å². The summed E-state index contributed by atoms with van der Waals surface area (Å²) >= 11 is 0. The van der Waals surface area contributed by atoms with Crippen LogP contribution in [0.15, 0.2) is 30.3 Å². The van der Waals surface area contributed by atoms with Crippen LogP contribution in [-0.4, -0.2) is 56.2 Å². The fourth-order valence-corrected chi connectivity index (χ4v) is 2.50. The first-order valence-corrected chi connectivity index (χ1v) is 7.67. The van der Waals surface area contributed by atoms with E-state index in [2.05, 4.69) is 0 Å². The summed E-state index contributed by atoms with van der Waals surface area (Å²) in [6, 6.07) is 8.46. The molecule has 25 heavy (non-hydrogen) atoms. The Labute approximate surface area is 144 Å². The summed E-state index contributed by atoms with van der Waals surface area (Å²) in [6.45, 7) is 2.28. The molecule has 0 amide bonds. The van der Waals surface area contributed by atoms with E-state index in [9.17, 15) is 14.4 Å². The van der Waals surface area contributed by atoms with E-state index in [1.54, 1.807) is 30.3 Å². The second kappa shape index (κ2) is 8.59. The Balaban J connectivity index is 2.04. The van der Waals surface area contributed by atoms with Crippen LogP contribution in [0.25, 0.3) is 0 Å². The van der Waals surface area contributed by atoms with E-state index in [1.807, 2.05) is 0 Å². The smallest absolute Gasteiger partial charge is 0.338 e. The molecule has 8 nitrogen and oxygen atoms in total. The van der Waals surface area contributed by atoms with Crippen molar-refractivity contribution in [2.45, 2.75) is 38.4 Å². The van der Waals surface area contributed by atoms with Crippen LogP contribution in [0.2, 0.25) is 0 Å². The normalized spacial score (nSPS) is 25.2. The lowest BCUT2D eigenvalue weighted by Gasteiger charge is -2.21. The van der Waals surface area contributed by atoms with Crippen LogP contribution in [0.5, 0.6) is 0 Å². The van der Waals surface area contributed by atoms with E-state index in [4.69, 9.17) is 23.7 Å². The Morgan fingerprint density at radius 2 is 1.64 bits per heavy atom. The number of ether oxygens (including phenoxy) is 5. The van der Waals surface area contributed by atoms with Crippen molar-refractivity contribution in [3.05, 3.63) is 35.9 Å². The van der Waals surface area contributed by atoms with Gasteiger partial charge in [0.2, 0.25) is 6.29 Å². The molecule has 1 heterocycles. The number of rotatable bonds is 6. The van der Waals surface area contributed by atoms with Crippen molar-refractivity contribution in [2.24, 2.45) is 0 Å². The molecule has 2 rings (SSSR count). The van der Waals surface area contributed by atoms with E-state index in [0.717, 1.165) is 0 Å². The molecule has 1 aliphatic heterocycles. The minimum Gasteiger partial charge on any atom is -0.459 e. The number of hydrogen-bond acceptors (Lipinski definition) is 8. The molecule has 0 aromatic heterocycles. The molecule has 4 atom stereocenters. The molecule has 136 valence electrons. The van der Waals surface area contributed by atoms with Crippen LogP contribution in [0, 0.1) is 0 Å². The topological polar surface area (TPSA) is 97.4 Å². The van der Waals surface area contributed by atoms with E-state index in [0.29, 0.717) is 5.56 Å². The average molecular weight is 352 g/mol. The lowest BCUT2D eigenvalue weighted by Crippen LogP contribution is -2.40. The molecule has 1 saturated heterocycles. The molecule has 8 heteroatoms. The van der Waals surface area contributed by atoms with E-state index >= 15 is 0 Å². The van der Waals surface area contributed by atoms with Gasteiger partial charge < -0.3 is 23.7 Å². The van der Waals surface area contributed by atoms with Gasteiger partial charge in [0, 0.05) is 21.0 Å². The molecule has 0 spiro atoms. The second-order valence-electron chi connectivity index (χ2n) is 5.39. The molecule has 1 aromatic carbocycles. The maximum Gasteiger partial charge on any atom is 0.338 e. The van der Waals surface area contributed by atoms with Crippen LogP contribution in [-0.2, 0) is 33.3 Å². The first kappa shape index (κ1) is 18.9. The molecule has 0 bridgehead atoms. The lowest BCUT2D eigenvalue weighted by molar-refractivity contribution is -0.196. The SMILES string of the molecule is CO[C@H]1[C@@H](OC(C)=O)[C@H](OC(C)=O)O[C@@H]1COC(=O)c1ccccc1. The molecule has 1 aromatic rings. The predicted octanol–water partition coefficient (Wildman–Crippen LogP) is 1.08. The van der Waals surface area contributed by atoms with Crippen LogP contribution in [0.1, 0.15) is 24.2 Å². The number of methoxy groups -OCH3 is 1. The summed E-state index contributed by atoms with van der Waals surface area (Å²) in [5.41, 5.74) is 0.391. The highest BCUT2D eigenvalue weighted by Crippen LogP contribution is 2.28. The van der Waals surface area contributed by atoms with Gasteiger partial charge in [0.15, 0.2) is 6.10 Å². The quantitative estimate of drug-likeness (QED) is 0.554. The van der Waals surface area contributed by atoms with E-state index in [1.165, 1.54) is 21.0 Å². The van der Waals surface area contributed by atoms with E-state index in [-0.39, 0.29) is 6.61 Å². The molecule has 1 fully saturated rings.